The molecule has 0 aromatic heterocycles. The van der Waals surface area contributed by atoms with Crippen LogP contribution in [0.1, 0.15) is 33.6 Å². The second-order valence-electron chi connectivity index (χ2n) is 3.12. The molecule has 3 heteroatoms. The monoisotopic (exact) mass is 178 g/mol. The van der Waals surface area contributed by atoms with E-state index in [1.165, 1.54) is 0 Å². The van der Waals surface area contributed by atoms with Gasteiger partial charge in [0.15, 0.2) is 8.38 Å². The zero-order chi connectivity index (χ0) is 8.69. The van der Waals surface area contributed by atoms with Crippen LogP contribution >= 0.6 is 8.38 Å². The Balaban J connectivity index is 3.15. The van der Waals surface area contributed by atoms with Crippen molar-refractivity contribution in [1.82, 2.24) is 0 Å². The average Bonchev–Trinajstić information content (AvgIpc) is 1.86. The highest BCUT2D eigenvalue weighted by atomic mass is 31.2. The van der Waals surface area contributed by atoms with Gasteiger partial charge in [-0.05, 0) is 12.3 Å². The molecule has 0 bridgehead atoms. The van der Waals surface area contributed by atoms with Crippen molar-refractivity contribution in [2.75, 3.05) is 12.8 Å². The molecule has 0 aromatic rings. The molecule has 1 N–H and O–H groups in total. The topological polar surface area (TPSA) is 29.5 Å². The number of hydrogen-bond acceptors (Lipinski definition) is 2. The summed E-state index contributed by atoms with van der Waals surface area (Å²) < 4.78 is 5.21. The summed E-state index contributed by atoms with van der Waals surface area (Å²) in [5.41, 5.74) is 0. The Hall–Kier alpha value is 0.350. The first-order valence-corrected chi connectivity index (χ1v) is 5.66. The van der Waals surface area contributed by atoms with Crippen LogP contribution in [0, 0.1) is 5.92 Å². The molecule has 0 aliphatic carbocycles. The lowest BCUT2D eigenvalue weighted by Gasteiger charge is -2.11. The molecule has 0 aromatic carbocycles. The van der Waals surface area contributed by atoms with E-state index in [0.29, 0.717) is 12.5 Å². The molecular weight excluding hydrogens is 159 g/mol. The molecule has 0 saturated heterocycles. The lowest BCUT2D eigenvalue weighted by molar-refractivity contribution is 0.300. The normalized spacial score (nSPS) is 13.9. The van der Waals surface area contributed by atoms with Crippen LogP contribution in [0.2, 0.25) is 0 Å². The zero-order valence-corrected chi connectivity index (χ0v) is 8.60. The Labute approximate surface area is 70.9 Å². The highest BCUT2D eigenvalue weighted by Gasteiger charge is 2.06. The molecule has 0 rings (SSSR count). The van der Waals surface area contributed by atoms with Crippen LogP contribution in [0.3, 0.4) is 0 Å². The average molecular weight is 178 g/mol. The van der Waals surface area contributed by atoms with Crippen LogP contribution in [0.25, 0.3) is 0 Å². The van der Waals surface area contributed by atoms with E-state index in [4.69, 9.17) is 4.52 Å². The van der Waals surface area contributed by atoms with E-state index in [2.05, 4.69) is 20.8 Å². The van der Waals surface area contributed by atoms with Gasteiger partial charge in [0.1, 0.15) is 0 Å². The van der Waals surface area contributed by atoms with E-state index in [9.17, 15) is 4.89 Å². The van der Waals surface area contributed by atoms with Gasteiger partial charge in [-0.1, -0.05) is 27.2 Å². The van der Waals surface area contributed by atoms with Crippen LogP contribution in [-0.2, 0) is 4.52 Å². The minimum absolute atomic E-state index is 0.535. The van der Waals surface area contributed by atoms with E-state index in [0.717, 1.165) is 19.0 Å². The number of unbranched alkanes of at least 4 members (excludes halogenated alkanes) is 1. The van der Waals surface area contributed by atoms with Crippen LogP contribution in [0.5, 0.6) is 0 Å². The lowest BCUT2D eigenvalue weighted by atomic mass is 10.3. The Kier molecular flexibility index (Phi) is 7.25. The second-order valence-corrected chi connectivity index (χ2v) is 4.44. The van der Waals surface area contributed by atoms with Gasteiger partial charge in [0.25, 0.3) is 0 Å². The summed E-state index contributed by atoms with van der Waals surface area (Å²) in [7, 11) is -1.13. The van der Waals surface area contributed by atoms with Crippen molar-refractivity contribution in [2.24, 2.45) is 5.92 Å². The summed E-state index contributed by atoms with van der Waals surface area (Å²) in [6, 6.07) is 0. The minimum atomic E-state index is -1.13. The first kappa shape index (κ1) is 11.4. The lowest BCUT2D eigenvalue weighted by Crippen LogP contribution is -1.97. The summed E-state index contributed by atoms with van der Waals surface area (Å²) >= 11 is 0. The van der Waals surface area contributed by atoms with E-state index in [1.54, 1.807) is 0 Å². The molecule has 68 valence electrons. The SMILES string of the molecule is CCCCOP(O)CC(C)C. The maximum absolute atomic E-state index is 9.29. The van der Waals surface area contributed by atoms with Crippen LogP contribution in [-0.4, -0.2) is 17.7 Å². The van der Waals surface area contributed by atoms with Gasteiger partial charge in [-0.3, -0.25) is 0 Å². The van der Waals surface area contributed by atoms with Crippen molar-refractivity contribution < 1.29 is 9.42 Å². The quantitative estimate of drug-likeness (QED) is 0.500. The number of rotatable bonds is 6. The first-order valence-electron chi connectivity index (χ1n) is 4.26. The Morgan fingerprint density at radius 1 is 1.45 bits per heavy atom. The Morgan fingerprint density at radius 2 is 2.09 bits per heavy atom. The summed E-state index contributed by atoms with van der Waals surface area (Å²) in [4.78, 5) is 9.29. The van der Waals surface area contributed by atoms with Gasteiger partial charge in [-0.15, -0.1) is 0 Å². The molecule has 2 nitrogen and oxygen atoms in total. The first-order chi connectivity index (χ1) is 5.16. The fourth-order valence-corrected chi connectivity index (χ4v) is 1.75. The van der Waals surface area contributed by atoms with Crippen molar-refractivity contribution in [1.29, 1.82) is 0 Å². The summed E-state index contributed by atoms with van der Waals surface area (Å²) in [5, 5.41) is 0. The molecule has 0 aliphatic rings. The smallest absolute Gasteiger partial charge is 0.167 e. The molecule has 0 amide bonds. The van der Waals surface area contributed by atoms with Crippen molar-refractivity contribution >= 4 is 8.38 Å². The van der Waals surface area contributed by atoms with Crippen LogP contribution < -0.4 is 0 Å². The van der Waals surface area contributed by atoms with Gasteiger partial charge in [-0.25, -0.2) is 0 Å². The third kappa shape index (κ3) is 8.25. The second kappa shape index (κ2) is 7.02. The fourth-order valence-electron chi connectivity index (χ4n) is 0.679. The molecule has 0 saturated carbocycles. The van der Waals surface area contributed by atoms with Gasteiger partial charge in [0.2, 0.25) is 0 Å². The molecule has 1 atom stereocenters. The zero-order valence-electron chi connectivity index (χ0n) is 7.71. The van der Waals surface area contributed by atoms with Crippen molar-refractivity contribution in [3.8, 4) is 0 Å². The standard InChI is InChI=1S/C8H19O2P/c1-4-5-6-10-11(9)7-8(2)3/h8-9H,4-7H2,1-3H3. The molecule has 0 spiro atoms. The Bertz CT molecular complexity index is 86.2. The maximum atomic E-state index is 9.29. The molecule has 0 fully saturated rings. The third-order valence-electron chi connectivity index (χ3n) is 1.26. The maximum Gasteiger partial charge on any atom is 0.167 e. The highest BCUT2D eigenvalue weighted by Crippen LogP contribution is 2.33. The summed E-state index contributed by atoms with van der Waals surface area (Å²) in [6.45, 7) is 7.01. The molecule has 0 radical (unpaired) electrons. The summed E-state index contributed by atoms with van der Waals surface area (Å²) in [6.07, 6.45) is 2.99. The molecule has 11 heavy (non-hydrogen) atoms. The van der Waals surface area contributed by atoms with Gasteiger partial charge >= 0.3 is 0 Å². The number of hydrogen-bond donors (Lipinski definition) is 1. The Morgan fingerprint density at radius 3 is 2.55 bits per heavy atom. The van der Waals surface area contributed by atoms with Crippen molar-refractivity contribution in [2.45, 2.75) is 33.6 Å². The van der Waals surface area contributed by atoms with E-state index < -0.39 is 8.38 Å². The van der Waals surface area contributed by atoms with Crippen molar-refractivity contribution in [3.63, 3.8) is 0 Å². The molecule has 1 unspecified atom stereocenters. The van der Waals surface area contributed by atoms with Crippen molar-refractivity contribution in [3.05, 3.63) is 0 Å². The van der Waals surface area contributed by atoms with Gasteiger partial charge < -0.3 is 9.42 Å². The van der Waals surface area contributed by atoms with Crippen LogP contribution in [0.4, 0.5) is 0 Å². The van der Waals surface area contributed by atoms with Crippen LogP contribution in [0.15, 0.2) is 0 Å². The third-order valence-corrected chi connectivity index (χ3v) is 2.78. The predicted octanol–water partition coefficient (Wildman–Crippen LogP) is 2.76. The van der Waals surface area contributed by atoms with Gasteiger partial charge in [0.05, 0.1) is 6.61 Å². The predicted molar refractivity (Wildman–Crippen MR) is 49.7 cm³/mol. The van der Waals surface area contributed by atoms with E-state index in [1.807, 2.05) is 0 Å². The van der Waals surface area contributed by atoms with Gasteiger partial charge in [-0.2, -0.15) is 0 Å². The molecular formula is C8H19O2P. The molecule has 0 aliphatic heterocycles. The highest BCUT2D eigenvalue weighted by molar-refractivity contribution is 7.46. The van der Waals surface area contributed by atoms with Gasteiger partial charge in [0, 0.05) is 6.16 Å². The molecule has 0 heterocycles. The minimum Gasteiger partial charge on any atom is -0.350 e. The summed E-state index contributed by atoms with van der Waals surface area (Å²) in [5.74, 6) is 0.535. The fraction of sp³-hybridized carbons (Fsp3) is 1.00. The largest absolute Gasteiger partial charge is 0.350 e. The van der Waals surface area contributed by atoms with E-state index >= 15 is 0 Å². The van der Waals surface area contributed by atoms with E-state index in [-0.39, 0.29) is 0 Å².